The molecule has 3 heteroatoms. The van der Waals surface area contributed by atoms with E-state index < -0.39 is 0 Å². The highest BCUT2D eigenvalue weighted by Crippen LogP contribution is 2.12. The lowest BCUT2D eigenvalue weighted by molar-refractivity contribution is 1.13. The van der Waals surface area contributed by atoms with Gasteiger partial charge in [0.05, 0.1) is 12.5 Å². The molecule has 2 N–H and O–H groups in total. The Bertz CT molecular complexity index is 538. The molecule has 0 radical (unpaired) electrons. The van der Waals surface area contributed by atoms with Crippen LogP contribution in [0.3, 0.4) is 0 Å². The lowest BCUT2D eigenvalue weighted by Crippen LogP contribution is -1.94. The van der Waals surface area contributed by atoms with Crippen LogP contribution in [0.1, 0.15) is 16.7 Å². The monoisotopic (exact) mass is 223 g/mol. The fraction of sp³-hybridized carbons (Fsp3) is 0.143. The summed E-state index contributed by atoms with van der Waals surface area (Å²) in [6.45, 7) is 0. The number of pyridine rings is 1. The first-order chi connectivity index (χ1) is 8.28. The minimum Gasteiger partial charge on any atom is -0.384 e. The summed E-state index contributed by atoms with van der Waals surface area (Å²) < 4.78 is 0. The molecule has 0 amide bonds. The van der Waals surface area contributed by atoms with Crippen molar-refractivity contribution in [1.29, 1.82) is 5.26 Å². The normalized spacial score (nSPS) is 9.82. The molecule has 3 nitrogen and oxygen atoms in total. The highest BCUT2D eigenvalue weighted by atomic mass is 14.8. The SMILES string of the molecule is N#CCc1cccc(Cc2ccc(N)nc2)c1. The standard InChI is InChI=1S/C14H13N3/c15-7-6-11-2-1-3-12(8-11)9-13-4-5-14(16)17-10-13/h1-5,8,10H,6,9H2,(H2,16,17). The number of aromatic nitrogens is 1. The van der Waals surface area contributed by atoms with E-state index in [9.17, 15) is 0 Å². The summed E-state index contributed by atoms with van der Waals surface area (Å²) in [5.41, 5.74) is 8.89. The van der Waals surface area contributed by atoms with Gasteiger partial charge in [0.1, 0.15) is 5.82 Å². The molecule has 0 aliphatic rings. The average molecular weight is 223 g/mol. The van der Waals surface area contributed by atoms with Gasteiger partial charge in [0, 0.05) is 6.20 Å². The Hall–Kier alpha value is -2.34. The Labute approximate surface area is 101 Å². The highest BCUT2D eigenvalue weighted by molar-refractivity contribution is 5.33. The van der Waals surface area contributed by atoms with Gasteiger partial charge in [-0.05, 0) is 29.2 Å². The van der Waals surface area contributed by atoms with Crippen molar-refractivity contribution in [2.75, 3.05) is 5.73 Å². The van der Waals surface area contributed by atoms with Crippen molar-refractivity contribution in [2.45, 2.75) is 12.8 Å². The van der Waals surface area contributed by atoms with Crippen molar-refractivity contribution in [1.82, 2.24) is 4.98 Å². The number of hydrogen-bond donors (Lipinski definition) is 1. The van der Waals surface area contributed by atoms with Gasteiger partial charge in [-0.25, -0.2) is 4.98 Å². The van der Waals surface area contributed by atoms with Crippen LogP contribution in [0.25, 0.3) is 0 Å². The van der Waals surface area contributed by atoms with Crippen LogP contribution in [0.2, 0.25) is 0 Å². The summed E-state index contributed by atoms with van der Waals surface area (Å²) in [6.07, 6.45) is 3.05. The molecule has 2 rings (SSSR count). The van der Waals surface area contributed by atoms with Gasteiger partial charge in [0.25, 0.3) is 0 Å². The summed E-state index contributed by atoms with van der Waals surface area (Å²) in [5.74, 6) is 0.534. The van der Waals surface area contributed by atoms with Gasteiger partial charge in [0.2, 0.25) is 0 Å². The molecule has 1 heterocycles. The summed E-state index contributed by atoms with van der Waals surface area (Å²) in [4.78, 5) is 4.06. The maximum Gasteiger partial charge on any atom is 0.123 e. The second-order valence-corrected chi connectivity index (χ2v) is 3.92. The predicted molar refractivity (Wildman–Crippen MR) is 67.2 cm³/mol. The number of benzene rings is 1. The van der Waals surface area contributed by atoms with E-state index >= 15 is 0 Å². The van der Waals surface area contributed by atoms with Crippen LogP contribution in [-0.4, -0.2) is 4.98 Å². The minimum absolute atomic E-state index is 0.452. The molecule has 0 bridgehead atoms. The Kier molecular flexibility index (Phi) is 3.37. The van der Waals surface area contributed by atoms with Crippen LogP contribution < -0.4 is 5.73 Å². The van der Waals surface area contributed by atoms with E-state index in [0.717, 1.165) is 17.5 Å². The number of rotatable bonds is 3. The molecular weight excluding hydrogens is 210 g/mol. The van der Waals surface area contributed by atoms with Crippen molar-refractivity contribution < 1.29 is 0 Å². The Balaban J connectivity index is 2.16. The second kappa shape index (κ2) is 5.13. The van der Waals surface area contributed by atoms with E-state index in [-0.39, 0.29) is 0 Å². The number of anilines is 1. The average Bonchev–Trinajstić information content (AvgIpc) is 2.33. The predicted octanol–water partition coefficient (Wildman–Crippen LogP) is 2.32. The van der Waals surface area contributed by atoms with Gasteiger partial charge in [-0.15, -0.1) is 0 Å². The summed E-state index contributed by atoms with van der Waals surface area (Å²) in [7, 11) is 0. The molecule has 1 aromatic carbocycles. The molecule has 2 aromatic rings. The summed E-state index contributed by atoms with van der Waals surface area (Å²) in [5, 5.41) is 8.66. The van der Waals surface area contributed by atoms with E-state index in [1.807, 2.05) is 18.2 Å². The largest absolute Gasteiger partial charge is 0.384 e. The first kappa shape index (κ1) is 11.2. The zero-order valence-corrected chi connectivity index (χ0v) is 9.43. The van der Waals surface area contributed by atoms with E-state index in [0.29, 0.717) is 12.2 Å². The van der Waals surface area contributed by atoms with Crippen molar-refractivity contribution in [3.63, 3.8) is 0 Å². The molecule has 1 aromatic heterocycles. The summed E-state index contributed by atoms with van der Waals surface area (Å²) >= 11 is 0. The third kappa shape index (κ3) is 3.05. The van der Waals surface area contributed by atoms with Crippen LogP contribution in [0.4, 0.5) is 5.82 Å². The van der Waals surface area contributed by atoms with Crippen LogP contribution in [0.5, 0.6) is 0 Å². The maximum absolute atomic E-state index is 8.66. The number of nitrogens with two attached hydrogens (primary N) is 1. The van der Waals surface area contributed by atoms with Crippen molar-refractivity contribution in [2.24, 2.45) is 0 Å². The maximum atomic E-state index is 8.66. The van der Waals surface area contributed by atoms with Gasteiger partial charge in [-0.1, -0.05) is 30.3 Å². The fourth-order valence-corrected chi connectivity index (χ4v) is 1.72. The third-order valence-electron chi connectivity index (χ3n) is 2.53. The molecule has 17 heavy (non-hydrogen) atoms. The first-order valence-electron chi connectivity index (χ1n) is 5.43. The first-order valence-corrected chi connectivity index (χ1v) is 5.43. The number of nitriles is 1. The van der Waals surface area contributed by atoms with Gasteiger partial charge < -0.3 is 5.73 Å². The zero-order valence-electron chi connectivity index (χ0n) is 9.43. The summed E-state index contributed by atoms with van der Waals surface area (Å²) in [6, 6.07) is 14.0. The van der Waals surface area contributed by atoms with E-state index in [4.69, 9.17) is 11.0 Å². The topological polar surface area (TPSA) is 62.7 Å². The van der Waals surface area contributed by atoms with Crippen LogP contribution in [0, 0.1) is 11.3 Å². The minimum atomic E-state index is 0.452. The molecule has 0 aliphatic carbocycles. The van der Waals surface area contributed by atoms with E-state index in [1.165, 1.54) is 5.56 Å². The molecule has 84 valence electrons. The number of nitrogens with zero attached hydrogens (tertiary/aromatic N) is 2. The van der Waals surface area contributed by atoms with E-state index in [1.54, 1.807) is 12.3 Å². The fourth-order valence-electron chi connectivity index (χ4n) is 1.72. The van der Waals surface area contributed by atoms with Gasteiger partial charge in [-0.2, -0.15) is 5.26 Å². The third-order valence-corrected chi connectivity index (χ3v) is 2.53. The lowest BCUT2D eigenvalue weighted by atomic mass is 10.0. The van der Waals surface area contributed by atoms with Crippen molar-refractivity contribution >= 4 is 5.82 Å². The van der Waals surface area contributed by atoms with Gasteiger partial charge in [0.15, 0.2) is 0 Å². The van der Waals surface area contributed by atoms with Crippen molar-refractivity contribution in [3.05, 3.63) is 59.3 Å². The molecule has 0 saturated carbocycles. The Morgan fingerprint density at radius 2 is 1.94 bits per heavy atom. The number of hydrogen-bond acceptors (Lipinski definition) is 3. The van der Waals surface area contributed by atoms with Crippen LogP contribution in [0.15, 0.2) is 42.6 Å². The lowest BCUT2D eigenvalue weighted by Gasteiger charge is -2.03. The molecule has 0 aliphatic heterocycles. The van der Waals surface area contributed by atoms with E-state index in [2.05, 4.69) is 23.2 Å². The number of nitrogen functional groups attached to an aromatic ring is 1. The van der Waals surface area contributed by atoms with Crippen LogP contribution in [-0.2, 0) is 12.8 Å². The quantitative estimate of drug-likeness (QED) is 0.868. The molecular formula is C14H13N3. The molecule has 0 unspecified atom stereocenters. The molecule has 0 saturated heterocycles. The second-order valence-electron chi connectivity index (χ2n) is 3.92. The van der Waals surface area contributed by atoms with Gasteiger partial charge >= 0.3 is 0 Å². The van der Waals surface area contributed by atoms with Crippen LogP contribution >= 0.6 is 0 Å². The molecule has 0 atom stereocenters. The van der Waals surface area contributed by atoms with Crippen molar-refractivity contribution in [3.8, 4) is 6.07 Å². The highest BCUT2D eigenvalue weighted by Gasteiger charge is 1.99. The Morgan fingerprint density at radius 1 is 1.12 bits per heavy atom. The Morgan fingerprint density at radius 3 is 2.65 bits per heavy atom. The zero-order chi connectivity index (χ0) is 12.1. The molecule has 0 spiro atoms. The smallest absolute Gasteiger partial charge is 0.123 e. The molecule has 0 fully saturated rings. The van der Waals surface area contributed by atoms with Gasteiger partial charge in [-0.3, -0.25) is 0 Å².